The molecule has 0 bridgehead atoms. The Morgan fingerprint density at radius 2 is 1.46 bits per heavy atom. The summed E-state index contributed by atoms with van der Waals surface area (Å²) >= 11 is 0. The van der Waals surface area contributed by atoms with Gasteiger partial charge in [0.25, 0.3) is 5.91 Å². The van der Waals surface area contributed by atoms with E-state index in [0.29, 0.717) is 11.0 Å². The Hall–Kier alpha value is -2.66. The van der Waals surface area contributed by atoms with Crippen molar-refractivity contribution in [1.29, 1.82) is 0 Å². The molecule has 1 spiro atoms. The van der Waals surface area contributed by atoms with Crippen LogP contribution in [0, 0.1) is 5.41 Å². The quantitative estimate of drug-likeness (QED) is 0.884. The van der Waals surface area contributed by atoms with Crippen molar-refractivity contribution in [2.75, 3.05) is 26.2 Å². The van der Waals surface area contributed by atoms with Gasteiger partial charge in [0.2, 0.25) is 0 Å². The lowest BCUT2D eigenvalue weighted by Crippen LogP contribution is -2.44. The molecule has 5 nitrogen and oxygen atoms in total. The fourth-order valence-corrected chi connectivity index (χ4v) is 4.53. The van der Waals surface area contributed by atoms with Crippen LogP contribution in [-0.4, -0.2) is 53.0 Å². The second kappa shape index (κ2) is 7.76. The summed E-state index contributed by atoms with van der Waals surface area (Å²) in [6.07, 6.45) is 3.28. The Morgan fingerprint density at radius 3 is 2.11 bits per heavy atom. The molecule has 0 aliphatic carbocycles. The zero-order valence-corrected chi connectivity index (χ0v) is 16.0. The van der Waals surface area contributed by atoms with Crippen molar-refractivity contribution in [3.63, 3.8) is 0 Å². The molecular formula is C23H26N2O3. The molecule has 2 aromatic rings. The molecular weight excluding hydrogens is 352 g/mol. The summed E-state index contributed by atoms with van der Waals surface area (Å²) in [6, 6.07) is 16.8. The zero-order valence-electron chi connectivity index (χ0n) is 16.0. The summed E-state index contributed by atoms with van der Waals surface area (Å²) in [6.45, 7) is 4.79. The molecule has 1 N–H and O–H groups in total. The molecule has 2 heterocycles. The van der Waals surface area contributed by atoms with Gasteiger partial charge in [-0.05, 0) is 61.1 Å². The lowest BCUT2D eigenvalue weighted by Gasteiger charge is -2.39. The fourth-order valence-electron chi connectivity index (χ4n) is 4.53. The van der Waals surface area contributed by atoms with Gasteiger partial charge in [-0.15, -0.1) is 0 Å². The van der Waals surface area contributed by atoms with Crippen LogP contribution in [0.5, 0.6) is 0 Å². The molecule has 2 aliphatic heterocycles. The summed E-state index contributed by atoms with van der Waals surface area (Å²) in [4.78, 5) is 28.2. The third kappa shape index (κ3) is 3.94. The average molecular weight is 378 g/mol. The van der Waals surface area contributed by atoms with Crippen molar-refractivity contribution in [2.45, 2.75) is 25.8 Å². The minimum atomic E-state index is -0.972. The predicted molar refractivity (Wildman–Crippen MR) is 107 cm³/mol. The van der Waals surface area contributed by atoms with E-state index in [0.717, 1.165) is 45.6 Å². The molecule has 0 saturated carbocycles. The van der Waals surface area contributed by atoms with Crippen molar-refractivity contribution in [1.82, 2.24) is 9.80 Å². The second-order valence-corrected chi connectivity index (χ2v) is 8.12. The van der Waals surface area contributed by atoms with E-state index >= 15 is 0 Å². The highest BCUT2D eigenvalue weighted by Gasteiger charge is 2.41. The van der Waals surface area contributed by atoms with Crippen LogP contribution >= 0.6 is 0 Å². The van der Waals surface area contributed by atoms with Crippen molar-refractivity contribution >= 4 is 11.9 Å². The van der Waals surface area contributed by atoms with Crippen molar-refractivity contribution in [3.05, 3.63) is 71.3 Å². The third-order valence-corrected chi connectivity index (χ3v) is 6.26. The number of nitrogens with zero attached hydrogens (tertiary/aromatic N) is 2. The number of aromatic carboxylic acids is 1. The molecule has 4 rings (SSSR count). The van der Waals surface area contributed by atoms with Gasteiger partial charge in [0.1, 0.15) is 0 Å². The largest absolute Gasteiger partial charge is 0.478 e. The molecule has 0 atom stereocenters. The fraction of sp³-hybridized carbons (Fsp3) is 0.391. The molecule has 146 valence electrons. The summed E-state index contributed by atoms with van der Waals surface area (Å²) in [5.41, 5.74) is 2.47. The number of carboxylic acid groups (broad SMARTS) is 1. The smallest absolute Gasteiger partial charge is 0.335 e. The molecule has 2 aliphatic rings. The maximum absolute atomic E-state index is 12.8. The number of rotatable bonds is 4. The first-order valence-electron chi connectivity index (χ1n) is 9.94. The van der Waals surface area contributed by atoms with Crippen LogP contribution in [0.2, 0.25) is 0 Å². The van der Waals surface area contributed by atoms with E-state index in [9.17, 15) is 9.59 Å². The highest BCUT2D eigenvalue weighted by Crippen LogP contribution is 2.41. The van der Waals surface area contributed by atoms with Crippen LogP contribution < -0.4 is 0 Å². The van der Waals surface area contributed by atoms with Crippen LogP contribution in [0.1, 0.15) is 45.5 Å². The molecule has 1 amide bonds. The first-order valence-corrected chi connectivity index (χ1v) is 9.94. The van der Waals surface area contributed by atoms with E-state index in [2.05, 4.69) is 35.2 Å². The zero-order chi connectivity index (χ0) is 19.6. The van der Waals surface area contributed by atoms with Crippen molar-refractivity contribution < 1.29 is 14.7 Å². The van der Waals surface area contributed by atoms with E-state index in [4.69, 9.17) is 5.11 Å². The van der Waals surface area contributed by atoms with E-state index in [1.165, 1.54) is 24.1 Å². The lowest BCUT2D eigenvalue weighted by atomic mass is 9.77. The Bertz CT molecular complexity index is 840. The number of carboxylic acids is 1. The minimum Gasteiger partial charge on any atom is -0.478 e. The lowest BCUT2D eigenvalue weighted by molar-refractivity contribution is 0.0586. The number of hydrogen-bond donors (Lipinski definition) is 1. The highest BCUT2D eigenvalue weighted by molar-refractivity contribution is 5.96. The molecule has 0 aromatic heterocycles. The van der Waals surface area contributed by atoms with E-state index < -0.39 is 5.97 Å². The summed E-state index contributed by atoms with van der Waals surface area (Å²) in [7, 11) is 0. The Morgan fingerprint density at radius 1 is 0.857 bits per heavy atom. The van der Waals surface area contributed by atoms with Gasteiger partial charge in [-0.3, -0.25) is 9.69 Å². The van der Waals surface area contributed by atoms with Crippen molar-refractivity contribution in [2.24, 2.45) is 5.41 Å². The van der Waals surface area contributed by atoms with E-state index in [-0.39, 0.29) is 11.5 Å². The molecule has 5 heteroatoms. The number of hydrogen-bond acceptors (Lipinski definition) is 3. The average Bonchev–Trinajstić information content (AvgIpc) is 3.11. The molecule has 2 aromatic carbocycles. The maximum Gasteiger partial charge on any atom is 0.335 e. The third-order valence-electron chi connectivity index (χ3n) is 6.26. The normalized spacial score (nSPS) is 19.1. The van der Waals surface area contributed by atoms with Crippen molar-refractivity contribution in [3.8, 4) is 0 Å². The molecule has 2 saturated heterocycles. The monoisotopic (exact) mass is 378 g/mol. The number of carbonyl (C=O) groups excluding carboxylic acids is 1. The van der Waals surface area contributed by atoms with Crippen LogP contribution in [0.15, 0.2) is 54.6 Å². The van der Waals surface area contributed by atoms with Gasteiger partial charge in [0.15, 0.2) is 0 Å². The number of benzene rings is 2. The van der Waals surface area contributed by atoms with Crippen LogP contribution in [0.25, 0.3) is 0 Å². The van der Waals surface area contributed by atoms with Gasteiger partial charge in [-0.2, -0.15) is 0 Å². The number of carbonyl (C=O) groups is 2. The van der Waals surface area contributed by atoms with Gasteiger partial charge in [-0.1, -0.05) is 30.3 Å². The minimum absolute atomic E-state index is 0.00549. The molecule has 0 unspecified atom stereocenters. The molecule has 2 fully saturated rings. The van der Waals surface area contributed by atoms with Gasteiger partial charge in [0.05, 0.1) is 5.56 Å². The van der Waals surface area contributed by atoms with Crippen LogP contribution in [0.4, 0.5) is 0 Å². The van der Waals surface area contributed by atoms with E-state index in [1.807, 2.05) is 4.90 Å². The number of amides is 1. The summed E-state index contributed by atoms with van der Waals surface area (Å²) in [5, 5.41) is 9.00. The SMILES string of the molecule is O=C(O)c1ccc(C(=O)N2CCC3(CCN(Cc4ccccc4)C3)CC2)cc1. The summed E-state index contributed by atoms with van der Waals surface area (Å²) < 4.78 is 0. The Labute approximate surface area is 165 Å². The topological polar surface area (TPSA) is 60.9 Å². The molecule has 28 heavy (non-hydrogen) atoms. The summed E-state index contributed by atoms with van der Waals surface area (Å²) in [5.74, 6) is -0.967. The Balaban J connectivity index is 1.33. The van der Waals surface area contributed by atoms with Crippen LogP contribution in [-0.2, 0) is 6.54 Å². The van der Waals surface area contributed by atoms with E-state index in [1.54, 1.807) is 12.1 Å². The maximum atomic E-state index is 12.8. The van der Waals surface area contributed by atoms with Gasteiger partial charge in [0, 0.05) is 31.7 Å². The number of piperidine rings is 1. The van der Waals surface area contributed by atoms with Crippen LogP contribution in [0.3, 0.4) is 0 Å². The molecule has 0 radical (unpaired) electrons. The second-order valence-electron chi connectivity index (χ2n) is 8.12. The highest BCUT2D eigenvalue weighted by atomic mass is 16.4. The first kappa shape index (κ1) is 18.7. The predicted octanol–water partition coefficient (Wildman–Crippen LogP) is 3.51. The van der Waals surface area contributed by atoms with Gasteiger partial charge < -0.3 is 10.0 Å². The van der Waals surface area contributed by atoms with Gasteiger partial charge in [-0.25, -0.2) is 4.79 Å². The number of likely N-dealkylation sites (tertiary alicyclic amines) is 2. The Kier molecular flexibility index (Phi) is 5.18. The first-order chi connectivity index (χ1) is 13.5. The standard InChI is InChI=1S/C23H26N2O3/c26-21(19-6-8-20(9-7-19)22(27)28)25-14-11-23(12-15-25)10-13-24(17-23)16-18-4-2-1-3-5-18/h1-9H,10-17H2,(H,27,28). The van der Waals surface area contributed by atoms with Gasteiger partial charge >= 0.3 is 5.97 Å².